The lowest BCUT2D eigenvalue weighted by atomic mass is 10.1. The van der Waals surface area contributed by atoms with Gasteiger partial charge in [0.15, 0.2) is 11.5 Å². The Bertz CT molecular complexity index is 394. The molecule has 0 saturated heterocycles. The van der Waals surface area contributed by atoms with Crippen molar-refractivity contribution >= 4 is 6.08 Å². The zero-order chi connectivity index (χ0) is 12.8. The van der Waals surface area contributed by atoms with Gasteiger partial charge in [0.1, 0.15) is 0 Å². The molecule has 94 valence electrons. The molecule has 0 atom stereocenters. The Balaban J connectivity index is 3.00. The highest BCUT2D eigenvalue weighted by Crippen LogP contribution is 2.29. The zero-order valence-electron chi connectivity index (χ0n) is 10.9. The molecule has 0 saturated carbocycles. The average Bonchev–Trinajstić information content (AvgIpc) is 2.30. The molecule has 3 heteroatoms. The minimum Gasteiger partial charge on any atom is -0.493 e. The summed E-state index contributed by atoms with van der Waals surface area (Å²) in [4.78, 5) is 0. The maximum Gasteiger partial charge on any atom is 0.161 e. The molecule has 17 heavy (non-hydrogen) atoms. The molecular weight excluding hydrogens is 216 g/mol. The van der Waals surface area contributed by atoms with Gasteiger partial charge in [0.25, 0.3) is 0 Å². The first-order valence-corrected chi connectivity index (χ1v) is 5.69. The first-order chi connectivity index (χ1) is 8.06. The lowest BCUT2D eigenvalue weighted by molar-refractivity contribution is 0.230. The first kappa shape index (κ1) is 13.6. The van der Waals surface area contributed by atoms with Crippen LogP contribution < -0.4 is 9.47 Å². The van der Waals surface area contributed by atoms with Crippen LogP contribution >= 0.6 is 0 Å². The van der Waals surface area contributed by atoms with Crippen molar-refractivity contribution in [2.24, 2.45) is 0 Å². The van der Waals surface area contributed by atoms with Crippen LogP contribution in [0.1, 0.15) is 26.3 Å². The van der Waals surface area contributed by atoms with Gasteiger partial charge in [-0.25, -0.2) is 0 Å². The summed E-state index contributed by atoms with van der Waals surface area (Å²) in [5, 5.41) is 8.97. The lowest BCUT2D eigenvalue weighted by Crippen LogP contribution is -2.06. The van der Waals surface area contributed by atoms with Crippen molar-refractivity contribution in [3.63, 3.8) is 0 Å². The fraction of sp³-hybridized carbons (Fsp3) is 0.429. The summed E-state index contributed by atoms with van der Waals surface area (Å²) in [6, 6.07) is 5.73. The first-order valence-electron chi connectivity index (χ1n) is 5.69. The summed E-state index contributed by atoms with van der Waals surface area (Å²) in [7, 11) is 1.62. The van der Waals surface area contributed by atoms with Crippen LogP contribution in [-0.2, 0) is 0 Å². The van der Waals surface area contributed by atoms with Crippen molar-refractivity contribution in [2.75, 3.05) is 13.7 Å². The standard InChI is InChI=1S/C14H20O3/c1-10(2)17-13-6-5-12(7-11(3)9-15)8-14(13)16-4/h5-8,10,15H,9H2,1-4H3. The number of rotatable bonds is 5. The lowest BCUT2D eigenvalue weighted by Gasteiger charge is -2.13. The number of aliphatic hydroxyl groups excluding tert-OH is 1. The quantitative estimate of drug-likeness (QED) is 0.854. The summed E-state index contributed by atoms with van der Waals surface area (Å²) in [5.41, 5.74) is 1.90. The SMILES string of the molecule is COc1cc(C=C(C)CO)ccc1OC(C)C. The van der Waals surface area contributed by atoms with E-state index in [0.29, 0.717) is 5.75 Å². The van der Waals surface area contributed by atoms with E-state index in [1.54, 1.807) is 7.11 Å². The molecule has 1 aromatic rings. The number of hydrogen-bond acceptors (Lipinski definition) is 3. The molecule has 0 aliphatic rings. The Morgan fingerprint density at radius 3 is 2.59 bits per heavy atom. The minimum atomic E-state index is 0.0621. The summed E-state index contributed by atoms with van der Waals surface area (Å²) < 4.78 is 10.9. The third kappa shape index (κ3) is 4.11. The Labute approximate surface area is 103 Å². The van der Waals surface area contributed by atoms with E-state index in [-0.39, 0.29) is 12.7 Å². The summed E-state index contributed by atoms with van der Waals surface area (Å²) in [5.74, 6) is 1.44. The van der Waals surface area contributed by atoms with E-state index in [9.17, 15) is 0 Å². The molecule has 0 spiro atoms. The van der Waals surface area contributed by atoms with Crippen LogP contribution in [0.15, 0.2) is 23.8 Å². The smallest absolute Gasteiger partial charge is 0.161 e. The van der Waals surface area contributed by atoms with E-state index in [1.165, 1.54) is 0 Å². The Morgan fingerprint density at radius 1 is 1.35 bits per heavy atom. The summed E-state index contributed by atoms with van der Waals surface area (Å²) in [6.07, 6.45) is 2.03. The van der Waals surface area contributed by atoms with E-state index in [1.807, 2.05) is 45.0 Å². The Morgan fingerprint density at radius 2 is 2.06 bits per heavy atom. The van der Waals surface area contributed by atoms with Gasteiger partial charge in [-0.1, -0.05) is 12.1 Å². The highest BCUT2D eigenvalue weighted by atomic mass is 16.5. The second kappa shape index (κ2) is 6.30. The van der Waals surface area contributed by atoms with Gasteiger partial charge in [-0.3, -0.25) is 0 Å². The molecule has 0 radical (unpaired) electrons. The predicted octanol–water partition coefficient (Wildman–Crippen LogP) is 2.88. The largest absolute Gasteiger partial charge is 0.493 e. The maximum atomic E-state index is 8.97. The molecule has 0 amide bonds. The second-order valence-corrected chi connectivity index (χ2v) is 4.23. The number of benzene rings is 1. The number of aliphatic hydroxyl groups is 1. The molecule has 1 N–H and O–H groups in total. The highest BCUT2D eigenvalue weighted by molar-refractivity contribution is 5.57. The summed E-state index contributed by atoms with van der Waals surface area (Å²) >= 11 is 0. The van der Waals surface area contributed by atoms with Crippen molar-refractivity contribution in [3.8, 4) is 11.5 Å². The molecule has 0 aliphatic carbocycles. The minimum absolute atomic E-state index is 0.0621. The second-order valence-electron chi connectivity index (χ2n) is 4.23. The Kier molecular flexibility index (Phi) is 5.04. The topological polar surface area (TPSA) is 38.7 Å². The van der Waals surface area contributed by atoms with E-state index < -0.39 is 0 Å². The molecule has 0 fully saturated rings. The van der Waals surface area contributed by atoms with E-state index in [0.717, 1.165) is 16.9 Å². The van der Waals surface area contributed by atoms with E-state index in [2.05, 4.69) is 0 Å². The van der Waals surface area contributed by atoms with Crippen LogP contribution in [0.2, 0.25) is 0 Å². The summed E-state index contributed by atoms with van der Waals surface area (Å²) in [6.45, 7) is 5.89. The highest BCUT2D eigenvalue weighted by Gasteiger charge is 2.06. The molecule has 0 aromatic heterocycles. The predicted molar refractivity (Wildman–Crippen MR) is 69.5 cm³/mol. The van der Waals surface area contributed by atoms with Crippen LogP contribution in [0, 0.1) is 0 Å². The van der Waals surface area contributed by atoms with Gasteiger partial charge in [0.05, 0.1) is 19.8 Å². The number of hydrogen-bond donors (Lipinski definition) is 1. The van der Waals surface area contributed by atoms with Gasteiger partial charge in [0.2, 0.25) is 0 Å². The van der Waals surface area contributed by atoms with Gasteiger partial charge in [-0.15, -0.1) is 0 Å². The molecule has 0 aliphatic heterocycles. The van der Waals surface area contributed by atoms with Gasteiger partial charge in [-0.2, -0.15) is 0 Å². The van der Waals surface area contributed by atoms with Crippen molar-refractivity contribution in [1.82, 2.24) is 0 Å². The van der Waals surface area contributed by atoms with Crippen LogP contribution in [0.3, 0.4) is 0 Å². The fourth-order valence-electron chi connectivity index (χ4n) is 1.46. The van der Waals surface area contributed by atoms with Crippen LogP contribution in [0.25, 0.3) is 6.08 Å². The maximum absolute atomic E-state index is 8.97. The molecule has 3 nitrogen and oxygen atoms in total. The molecular formula is C14H20O3. The van der Waals surface area contributed by atoms with Gasteiger partial charge >= 0.3 is 0 Å². The van der Waals surface area contributed by atoms with Crippen molar-refractivity contribution < 1.29 is 14.6 Å². The molecule has 0 heterocycles. The zero-order valence-corrected chi connectivity index (χ0v) is 10.9. The molecule has 0 unspecified atom stereocenters. The third-order valence-electron chi connectivity index (χ3n) is 2.21. The van der Waals surface area contributed by atoms with Gasteiger partial charge in [-0.05, 0) is 44.0 Å². The molecule has 0 bridgehead atoms. The van der Waals surface area contributed by atoms with Crippen LogP contribution in [0.5, 0.6) is 11.5 Å². The van der Waals surface area contributed by atoms with E-state index in [4.69, 9.17) is 14.6 Å². The van der Waals surface area contributed by atoms with Crippen LogP contribution in [0.4, 0.5) is 0 Å². The van der Waals surface area contributed by atoms with Crippen molar-refractivity contribution in [2.45, 2.75) is 26.9 Å². The number of methoxy groups -OCH3 is 1. The normalized spacial score (nSPS) is 11.8. The van der Waals surface area contributed by atoms with Crippen molar-refractivity contribution in [1.29, 1.82) is 0 Å². The van der Waals surface area contributed by atoms with Gasteiger partial charge in [0, 0.05) is 0 Å². The fourth-order valence-corrected chi connectivity index (χ4v) is 1.46. The monoisotopic (exact) mass is 236 g/mol. The van der Waals surface area contributed by atoms with Gasteiger partial charge < -0.3 is 14.6 Å². The Hall–Kier alpha value is -1.48. The average molecular weight is 236 g/mol. The molecule has 1 aromatic carbocycles. The number of ether oxygens (including phenoxy) is 2. The van der Waals surface area contributed by atoms with Crippen LogP contribution in [-0.4, -0.2) is 24.9 Å². The third-order valence-corrected chi connectivity index (χ3v) is 2.21. The molecule has 1 rings (SSSR count). The van der Waals surface area contributed by atoms with E-state index >= 15 is 0 Å². The van der Waals surface area contributed by atoms with Crippen molar-refractivity contribution in [3.05, 3.63) is 29.3 Å².